The second-order valence-electron chi connectivity index (χ2n) is 7.46. The van der Waals surface area contributed by atoms with Gasteiger partial charge in [0.2, 0.25) is 10.6 Å². The molecule has 4 aromatic rings. The van der Waals surface area contributed by atoms with Gasteiger partial charge in [0.05, 0.1) is 0 Å². The maximum absolute atomic E-state index is 6.06. The third-order valence-electron chi connectivity index (χ3n) is 6.14. The number of aromatic nitrogens is 3. The predicted molar refractivity (Wildman–Crippen MR) is 145 cm³/mol. The van der Waals surface area contributed by atoms with E-state index < -0.39 is 0 Å². The van der Waals surface area contributed by atoms with Gasteiger partial charge in [-0.05, 0) is 34.0 Å². The van der Waals surface area contributed by atoms with Crippen molar-refractivity contribution in [2.24, 2.45) is 0 Å². The second kappa shape index (κ2) is 6.89. The maximum atomic E-state index is 6.06. The Morgan fingerprint density at radius 3 is 1.57 bits per heavy atom. The maximum Gasteiger partial charge on any atom is 0.227 e. The monoisotopic (exact) mass is 415 g/mol. The molecule has 0 fully saturated rings. The summed E-state index contributed by atoms with van der Waals surface area (Å²) in [5.74, 6) is 0.531. The summed E-state index contributed by atoms with van der Waals surface area (Å²) in [6.07, 6.45) is 0. The summed E-state index contributed by atoms with van der Waals surface area (Å²) >= 11 is 14.0. The molecule has 28 heavy (non-hydrogen) atoms. The fourth-order valence-corrected chi connectivity index (χ4v) is 5.98. The Bertz CT molecular complexity index is 1310. The molecule has 0 atom stereocenters. The van der Waals surface area contributed by atoms with Gasteiger partial charge >= 0.3 is 0 Å². The van der Waals surface area contributed by atoms with E-state index in [0.717, 1.165) is 16.5 Å². The number of thiophene rings is 1. The van der Waals surface area contributed by atoms with Crippen LogP contribution in [-0.2, 0) is 0 Å². The molecule has 0 aliphatic rings. The van der Waals surface area contributed by atoms with E-state index in [-0.39, 0.29) is 10.6 Å². The molecule has 0 radical (unpaired) electrons. The molecule has 3 nitrogen and oxygen atoms in total. The molecule has 2 aromatic carbocycles. The minimum atomic E-state index is 0.112. The zero-order chi connectivity index (χ0) is 20.5. The molecule has 4 rings (SSSR count). The first kappa shape index (κ1) is 20.0. The number of halogens is 2. The second-order valence-corrected chi connectivity index (χ2v) is 9.15. The van der Waals surface area contributed by atoms with E-state index in [1.807, 2.05) is 11.3 Å². The van der Waals surface area contributed by atoms with Crippen molar-refractivity contribution < 1.29 is 0 Å². The molecule has 13 heteroatoms. The summed E-state index contributed by atoms with van der Waals surface area (Å²) in [5, 5.41) is 2.94. The molecule has 0 amide bonds. The zero-order valence-electron chi connectivity index (χ0n) is 17.0. The summed E-state index contributed by atoms with van der Waals surface area (Å²) in [4.78, 5) is 12.6. The van der Waals surface area contributed by atoms with E-state index in [4.69, 9.17) is 23.2 Å². The summed E-state index contributed by atoms with van der Waals surface area (Å²) in [6.45, 7) is 0. The van der Waals surface area contributed by atoms with Crippen molar-refractivity contribution in [2.75, 3.05) is 0 Å². The van der Waals surface area contributed by atoms with Crippen LogP contribution in [-0.4, -0.2) is 69.9 Å². The van der Waals surface area contributed by atoms with Crippen molar-refractivity contribution in [2.45, 2.75) is 0 Å². The van der Waals surface area contributed by atoms with Crippen molar-refractivity contribution in [1.29, 1.82) is 0 Å². The summed E-state index contributed by atoms with van der Waals surface area (Å²) in [6, 6.07) is 0. The molecule has 0 aliphatic heterocycles. The predicted octanol–water partition coefficient (Wildman–Crippen LogP) is -6.98. The Morgan fingerprint density at radius 1 is 0.536 bits per heavy atom. The first-order valence-corrected chi connectivity index (χ1v) is 10.7. The van der Waals surface area contributed by atoms with Gasteiger partial charge in [0, 0.05) is 15.0 Å². The summed E-state index contributed by atoms with van der Waals surface area (Å²) in [7, 11) is 15.3. The molecule has 0 bridgehead atoms. The molecular weight excluding hydrogens is 401 g/mol. The van der Waals surface area contributed by atoms with Crippen molar-refractivity contribution in [3.8, 4) is 11.4 Å². The van der Waals surface area contributed by atoms with Gasteiger partial charge in [-0.2, -0.15) is 15.0 Å². The molecule has 0 saturated heterocycles. The Balaban J connectivity index is 2.22. The van der Waals surface area contributed by atoms with Gasteiger partial charge in [0.25, 0.3) is 0 Å². The molecule has 0 spiro atoms. The number of hydrogen-bond donors (Lipinski definition) is 0. The highest BCUT2D eigenvalue weighted by atomic mass is 35.5. The Labute approximate surface area is 184 Å². The van der Waals surface area contributed by atoms with E-state index in [2.05, 4.69) is 69.9 Å². The van der Waals surface area contributed by atoms with E-state index in [0.29, 0.717) is 5.82 Å². The van der Waals surface area contributed by atoms with Crippen molar-refractivity contribution in [3.63, 3.8) is 0 Å². The highest BCUT2D eigenvalue weighted by Crippen LogP contribution is 2.30. The topological polar surface area (TPSA) is 38.7 Å². The fourth-order valence-electron chi connectivity index (χ4n) is 4.14. The van der Waals surface area contributed by atoms with Crippen molar-refractivity contribution >= 4 is 148 Å². The molecule has 0 saturated carbocycles. The Kier molecular flexibility index (Phi) is 4.92. The van der Waals surface area contributed by atoms with Crippen molar-refractivity contribution in [1.82, 2.24) is 15.0 Å². The number of fused-ring (bicyclic) bond motifs is 3. The third-order valence-corrected chi connectivity index (χ3v) is 7.91. The van der Waals surface area contributed by atoms with Crippen LogP contribution in [0, 0.1) is 0 Å². The lowest BCUT2D eigenvalue weighted by atomic mass is 9.64. The first-order chi connectivity index (χ1) is 13.1. The number of benzene rings is 2. The van der Waals surface area contributed by atoms with Gasteiger partial charge in [-0.25, -0.2) is 0 Å². The van der Waals surface area contributed by atoms with E-state index >= 15 is 0 Å². The van der Waals surface area contributed by atoms with E-state index in [1.165, 1.54) is 47.5 Å². The summed E-state index contributed by atoms with van der Waals surface area (Å²) in [5.41, 5.74) is 10.0. The Morgan fingerprint density at radius 2 is 1.00 bits per heavy atom. The SMILES string of the molecule is Bc1c(B)c(B)c2c(sc3c(B)c(-c4nc(Cl)nc(Cl)n4)c(B)c(B)c32)c1B. The number of hydrogen-bond acceptors (Lipinski definition) is 4. The van der Waals surface area contributed by atoms with E-state index in [1.54, 1.807) is 0 Å². The largest absolute Gasteiger partial charge is 0.227 e. The van der Waals surface area contributed by atoms with Gasteiger partial charge in [0.15, 0.2) is 5.82 Å². The van der Waals surface area contributed by atoms with Crippen LogP contribution in [0.15, 0.2) is 0 Å². The lowest BCUT2D eigenvalue weighted by Crippen LogP contribution is -2.47. The quantitative estimate of drug-likeness (QED) is 0.291. The average Bonchev–Trinajstić information content (AvgIpc) is 3.03. The van der Waals surface area contributed by atoms with Gasteiger partial charge in [-0.1, -0.05) is 27.3 Å². The molecule has 2 heterocycles. The van der Waals surface area contributed by atoms with Crippen LogP contribution in [0.3, 0.4) is 0 Å². The first-order valence-electron chi connectivity index (χ1n) is 9.13. The molecule has 0 unspecified atom stereocenters. The minimum Gasteiger partial charge on any atom is -0.198 e. The van der Waals surface area contributed by atoms with Crippen molar-refractivity contribution in [3.05, 3.63) is 10.6 Å². The lowest BCUT2D eigenvalue weighted by Gasteiger charge is -2.16. The van der Waals surface area contributed by atoms with Gasteiger partial charge in [0.1, 0.15) is 54.9 Å². The highest BCUT2D eigenvalue weighted by Gasteiger charge is 2.22. The molecule has 0 aliphatic carbocycles. The lowest BCUT2D eigenvalue weighted by molar-refractivity contribution is 1.06. The van der Waals surface area contributed by atoms with Crippen LogP contribution in [0.2, 0.25) is 10.6 Å². The average molecular weight is 415 g/mol. The minimum absolute atomic E-state index is 0.112. The fraction of sp³-hybridized carbons (Fsp3) is 0. The Hall–Kier alpha value is -1.30. The third kappa shape index (κ3) is 2.78. The van der Waals surface area contributed by atoms with Gasteiger partial charge in [-0.15, -0.1) is 22.3 Å². The highest BCUT2D eigenvalue weighted by molar-refractivity contribution is 7.28. The van der Waals surface area contributed by atoms with Gasteiger partial charge in [-0.3, -0.25) is 0 Å². The van der Waals surface area contributed by atoms with Crippen LogP contribution in [0.1, 0.15) is 0 Å². The number of rotatable bonds is 1. The summed E-state index contributed by atoms with van der Waals surface area (Å²) < 4.78 is 2.64. The molecule has 2 aromatic heterocycles. The van der Waals surface area contributed by atoms with Gasteiger partial charge < -0.3 is 0 Å². The zero-order valence-corrected chi connectivity index (χ0v) is 19.3. The van der Waals surface area contributed by atoms with E-state index in [9.17, 15) is 0 Å². The van der Waals surface area contributed by atoms with Crippen LogP contribution < -0.4 is 38.2 Å². The van der Waals surface area contributed by atoms with Crippen LogP contribution in [0.5, 0.6) is 0 Å². The smallest absolute Gasteiger partial charge is 0.198 e. The van der Waals surface area contributed by atoms with Crippen LogP contribution in [0.4, 0.5) is 0 Å². The number of nitrogens with zero attached hydrogens (tertiary/aromatic N) is 3. The molecular formula is C15H14B7Cl2N3S. The van der Waals surface area contributed by atoms with Crippen LogP contribution >= 0.6 is 34.5 Å². The molecule has 130 valence electrons. The molecule has 0 N–H and O–H groups in total. The van der Waals surface area contributed by atoms with Crippen LogP contribution in [0.25, 0.3) is 31.6 Å². The standard InChI is InChI=1S/C15H14B7Cl2N3S/c16-4-1-2-5(17)8(20)9(21)10(22)12(2)28-11(1)7(19)3(6(4)18)13-25-14(23)27-15(24)26-13/h16-22H2. The normalized spacial score (nSPS) is 11.5.